The van der Waals surface area contributed by atoms with Crippen molar-refractivity contribution < 1.29 is 280 Å². The van der Waals surface area contributed by atoms with E-state index in [2.05, 4.69) is 84.6 Å². The van der Waals surface area contributed by atoms with Crippen LogP contribution in [0.1, 0.15) is 11.1 Å². The summed E-state index contributed by atoms with van der Waals surface area (Å²) in [7, 11) is -118. The van der Waals surface area contributed by atoms with Crippen LogP contribution in [-0.2, 0) is 197 Å². The average molecular weight is 1850 g/mol. The van der Waals surface area contributed by atoms with Crippen molar-refractivity contribution in [3.05, 3.63) is 23.3 Å². The SMILES string of the molecule is Cc1cc(O)c(N(C)C)cc1C1(S(=O)(=O)OO)OC(COS(=O)(=O)O)C(OS(=O)(=O)O)C(OS(=O)(=O)O[Si](O)(O[Si](O)(O)OO[Si](O)(O[Si](O)(O)O[Si](C)(O)O)OS(=O)(=O)OC2C(OS(=O)(=O)O)C(COS(=O)(=O)O)OC(S(=O)(=O)OO)C2S(=O)(=O)OO)O[Si](O)(O)O[Si](O)(O)O)C1S(=O)(=O)OO. The van der Waals surface area contributed by atoms with Crippen molar-refractivity contribution in [2.45, 2.75) is 71.0 Å². The molecule has 0 amide bonds. The number of benzene rings is 1. The second-order valence-electron chi connectivity index (χ2n) is 18.9. The minimum atomic E-state index is -8.42. The molecule has 12 unspecified atom stereocenters. The van der Waals surface area contributed by atoms with E-state index >= 15 is 0 Å². The number of aryl methyl sites for hydroxylation is 1. The number of hydrogen-bond donors (Lipinski definition) is 22. The molecule has 3 rings (SSSR count). The van der Waals surface area contributed by atoms with Crippen LogP contribution in [0.5, 0.6) is 5.75 Å². The number of ether oxygens (including phenoxy) is 2. The van der Waals surface area contributed by atoms with E-state index in [1.54, 1.807) is 0 Å². The van der Waals surface area contributed by atoms with Crippen LogP contribution in [0.4, 0.5) is 5.69 Å². The fourth-order valence-corrected chi connectivity index (χ4v) is 30.6. The van der Waals surface area contributed by atoms with E-state index in [0.29, 0.717) is 13.0 Å². The first-order valence-electron chi connectivity index (χ1n) is 23.8. The van der Waals surface area contributed by atoms with Gasteiger partial charge < -0.3 is 102 Å². The maximum atomic E-state index is 14.3. The third-order valence-electron chi connectivity index (χ3n) is 10.9. The minimum absolute atomic E-state index is 0.0538. The van der Waals surface area contributed by atoms with Gasteiger partial charge in [0.05, 0.1) is 18.9 Å². The Balaban J connectivity index is 2.53. The van der Waals surface area contributed by atoms with Crippen molar-refractivity contribution in [1.29, 1.82) is 0 Å². The van der Waals surface area contributed by atoms with Gasteiger partial charge in [0.15, 0.2) is 10.5 Å². The molecule has 2 aliphatic rings. The van der Waals surface area contributed by atoms with E-state index in [-0.39, 0.29) is 12.6 Å². The zero-order chi connectivity index (χ0) is 80.8. The zero-order valence-electron chi connectivity index (χ0n) is 48.9. The van der Waals surface area contributed by atoms with Crippen molar-refractivity contribution in [2.75, 3.05) is 32.2 Å². The molecule has 2 saturated heterocycles. The lowest BCUT2D eigenvalue weighted by molar-refractivity contribution is -0.234. The summed E-state index contributed by atoms with van der Waals surface area (Å²) in [5, 5.41) is 40.1. The van der Waals surface area contributed by atoms with Crippen molar-refractivity contribution >= 4 is 172 Å². The van der Waals surface area contributed by atoms with Crippen LogP contribution in [0.25, 0.3) is 0 Å². The van der Waals surface area contributed by atoms with Crippen LogP contribution in [0.3, 0.4) is 0 Å². The molecule has 2 fully saturated rings. The molecule has 2 aliphatic heterocycles. The summed E-state index contributed by atoms with van der Waals surface area (Å²) >= 11 is 0. The molecule has 608 valence electrons. The van der Waals surface area contributed by atoms with Gasteiger partial charge in [-0.05, 0) is 24.6 Å². The van der Waals surface area contributed by atoms with Gasteiger partial charge in [-0.1, -0.05) is 0 Å². The molecule has 0 aliphatic carbocycles. The Hall–Kier alpha value is -1.84. The number of anilines is 1. The molecule has 64 nitrogen and oxygen atoms in total. The highest BCUT2D eigenvalue weighted by molar-refractivity contribution is 7.92. The molecule has 0 radical (unpaired) electrons. The lowest BCUT2D eigenvalue weighted by Gasteiger charge is -2.49. The Morgan fingerprint density at radius 1 is 0.485 bits per heavy atom. The number of hydrogen-bond acceptors (Lipinski definition) is 60. The fraction of sp³-hybridized carbons (Fsp3) is 0.727. The molecular formula is C22H49NO63S10Si7. The fourth-order valence-electron chi connectivity index (χ4n) is 7.96. The van der Waals surface area contributed by atoms with Crippen molar-refractivity contribution in [2.24, 2.45) is 0 Å². The predicted octanol–water partition coefficient (Wildman–Crippen LogP) is -16.5. The first-order valence-corrected chi connectivity index (χ1v) is 50.2. The van der Waals surface area contributed by atoms with E-state index in [1.807, 2.05) is 0 Å². The molecule has 0 saturated carbocycles. The van der Waals surface area contributed by atoms with Gasteiger partial charge in [-0.2, -0.15) is 84.2 Å². The molecule has 81 heteroatoms. The summed E-state index contributed by atoms with van der Waals surface area (Å²) in [6.07, 6.45) is -23.4. The van der Waals surface area contributed by atoms with Gasteiger partial charge >= 0.3 is 166 Å². The molecule has 1 aromatic carbocycles. The van der Waals surface area contributed by atoms with E-state index in [4.69, 9.17) is 14.5 Å². The first kappa shape index (κ1) is 95.4. The summed E-state index contributed by atoms with van der Waals surface area (Å²) in [4.78, 5) is 130. The first-order chi connectivity index (χ1) is 45.5. The third kappa shape index (κ3) is 27.6. The Bertz CT molecular complexity index is 4380. The number of nitrogens with zero attached hydrogens (tertiary/aromatic N) is 1. The Morgan fingerprint density at radius 2 is 0.903 bits per heavy atom. The standard InChI is InChI=1S/C22H49NO63S10Si7/c1-9-5-12(24)11(23(2)3)6-10(9)22(90(35,36)77-28)20(88(31,32)75-26)18(16(71-94(46,47)48)14(69-22)8-67-92(40,41)42)73-96(51,52)81-103(65,86-101(62,63)83-98(55,56)57)84-99(58,59)78-79-102(64,85-100(60,61)82-97(4,53)54)80-95(49,50)72-17-15(70-93(43,44)45)13(7-66-91(37,38)39)68-21(89(33,34)76-27)19(17)87(29,30)74-25/h5-6,13-21,24-28,53-65H,7-8H2,1-4H3,(H,37,38,39)(H,40,41,42)(H,43,44,45)(H,46,47,48). The topological polar surface area (TPSA) is 984 Å². The van der Waals surface area contributed by atoms with Crippen molar-refractivity contribution in [1.82, 2.24) is 0 Å². The van der Waals surface area contributed by atoms with Crippen LogP contribution in [-0.4, -0.2) is 334 Å². The van der Waals surface area contributed by atoms with E-state index < -0.39 is 259 Å². The van der Waals surface area contributed by atoms with Crippen LogP contribution in [0.15, 0.2) is 12.1 Å². The molecule has 22 N–H and O–H groups in total. The highest BCUT2D eigenvalue weighted by Crippen LogP contribution is 2.52. The van der Waals surface area contributed by atoms with Gasteiger partial charge in [0.1, 0.15) is 42.4 Å². The van der Waals surface area contributed by atoms with Gasteiger partial charge in [-0.3, -0.25) is 18.2 Å². The quantitative estimate of drug-likeness (QED) is 0.0125. The Labute approximate surface area is 580 Å². The number of phenols is 1. The van der Waals surface area contributed by atoms with Gasteiger partial charge in [0, 0.05) is 26.2 Å². The van der Waals surface area contributed by atoms with Gasteiger partial charge in [-0.15, -0.1) is 17.3 Å². The highest BCUT2D eigenvalue weighted by atomic mass is 32.3. The lowest BCUT2D eigenvalue weighted by atomic mass is 9.90. The molecular weight excluding hydrogens is 1800 g/mol. The second-order valence-corrected chi connectivity index (χ2v) is 45.9. The summed E-state index contributed by atoms with van der Waals surface area (Å²) in [5.41, 5.74) is -7.41. The van der Waals surface area contributed by atoms with Crippen LogP contribution in [0, 0.1) is 6.92 Å². The Kier molecular flexibility index (Phi) is 30.4. The van der Waals surface area contributed by atoms with Crippen molar-refractivity contribution in [3.63, 3.8) is 0 Å². The number of rotatable bonds is 41. The third-order valence-corrected chi connectivity index (χ3v) is 34.6. The molecule has 0 spiro atoms. The van der Waals surface area contributed by atoms with E-state index in [9.17, 15) is 181 Å². The normalized spacial score (nSPS) is 25.2. The number of phenolic OH excluding ortho intramolecular Hbond substituents is 1. The molecule has 12 atom stereocenters. The van der Waals surface area contributed by atoms with Crippen LogP contribution in [0.2, 0.25) is 6.55 Å². The van der Waals surface area contributed by atoms with Crippen LogP contribution < -0.4 is 4.90 Å². The largest absolute Gasteiger partial charge is 0.715 e. The molecule has 1 aromatic rings. The Morgan fingerprint density at radius 3 is 1.32 bits per heavy atom. The zero-order valence-corrected chi connectivity index (χ0v) is 64.0. The van der Waals surface area contributed by atoms with E-state index in [1.165, 1.54) is 0 Å². The van der Waals surface area contributed by atoms with Gasteiger partial charge in [0.25, 0.3) is 0 Å². The van der Waals surface area contributed by atoms with Crippen molar-refractivity contribution in [3.8, 4) is 5.75 Å². The summed E-state index contributed by atoms with van der Waals surface area (Å²) in [6.45, 7) is -4.07. The predicted molar refractivity (Wildman–Crippen MR) is 301 cm³/mol. The number of aromatic hydroxyl groups is 1. The summed E-state index contributed by atoms with van der Waals surface area (Å²) in [6, 6.07) is 0.635. The molecule has 0 aromatic heterocycles. The van der Waals surface area contributed by atoms with Gasteiger partial charge in [0.2, 0.25) is 10.4 Å². The monoisotopic (exact) mass is 1850 g/mol. The smallest absolute Gasteiger partial charge is 0.506 e. The summed E-state index contributed by atoms with van der Waals surface area (Å²) < 4.78 is 380. The summed E-state index contributed by atoms with van der Waals surface area (Å²) in [5.74, 6) is -1.01. The highest BCUT2D eigenvalue weighted by Gasteiger charge is 2.74. The molecule has 2 heterocycles. The molecule has 103 heavy (non-hydrogen) atoms. The second kappa shape index (κ2) is 32.8. The van der Waals surface area contributed by atoms with E-state index in [0.717, 1.165) is 19.0 Å². The molecule has 0 bridgehead atoms. The maximum absolute atomic E-state index is 14.3. The minimum Gasteiger partial charge on any atom is -0.506 e. The average Bonchev–Trinajstić information content (AvgIpc) is 0.693. The lowest BCUT2D eigenvalue weighted by Crippen LogP contribution is -2.70. The maximum Gasteiger partial charge on any atom is 0.715 e. The van der Waals surface area contributed by atoms with Gasteiger partial charge in [-0.25, -0.2) is 63.0 Å². The van der Waals surface area contributed by atoms with Crippen LogP contribution >= 0.6 is 0 Å².